The first kappa shape index (κ1) is 11.2. The molecule has 0 saturated heterocycles. The third-order valence-corrected chi connectivity index (χ3v) is 1.76. The summed E-state index contributed by atoms with van der Waals surface area (Å²) in [6.07, 6.45) is 0. The van der Waals surface area contributed by atoms with E-state index in [1.807, 2.05) is 0 Å². The summed E-state index contributed by atoms with van der Waals surface area (Å²) in [4.78, 5) is 21.9. The summed E-state index contributed by atoms with van der Waals surface area (Å²) in [6, 6.07) is 5.23. The molecule has 0 unspecified atom stereocenters. The highest BCUT2D eigenvalue weighted by atomic mass is 16.2. The van der Waals surface area contributed by atoms with E-state index in [-0.39, 0.29) is 11.8 Å². The lowest BCUT2D eigenvalue weighted by molar-refractivity contribution is -0.115. The standard InChI is InChI=1S/C11H13N2O2/c1-7-5-4-6-10(12-8(2)14)11(7)13-9(3)15/h4-6H,1H2,2-3H3,(H,12,14)(H,13,15). The van der Waals surface area contributed by atoms with Gasteiger partial charge in [-0.1, -0.05) is 12.1 Å². The minimum absolute atomic E-state index is 0.188. The Hall–Kier alpha value is -1.84. The highest BCUT2D eigenvalue weighted by Gasteiger charge is 2.07. The van der Waals surface area contributed by atoms with E-state index in [0.717, 1.165) is 0 Å². The summed E-state index contributed by atoms with van der Waals surface area (Å²) in [7, 11) is 0. The molecule has 4 heteroatoms. The van der Waals surface area contributed by atoms with Crippen molar-refractivity contribution < 1.29 is 9.59 Å². The van der Waals surface area contributed by atoms with Crippen molar-refractivity contribution in [3.05, 3.63) is 30.7 Å². The maximum atomic E-state index is 11.0. The van der Waals surface area contributed by atoms with Crippen LogP contribution in [0.25, 0.3) is 0 Å². The van der Waals surface area contributed by atoms with E-state index in [2.05, 4.69) is 17.6 Å². The van der Waals surface area contributed by atoms with E-state index >= 15 is 0 Å². The average molecular weight is 205 g/mol. The molecule has 1 aromatic carbocycles. The first-order valence-electron chi connectivity index (χ1n) is 4.51. The van der Waals surface area contributed by atoms with Gasteiger partial charge in [0.1, 0.15) is 0 Å². The number of hydrogen-bond acceptors (Lipinski definition) is 2. The summed E-state index contributed by atoms with van der Waals surface area (Å²) in [5.41, 5.74) is 1.77. The van der Waals surface area contributed by atoms with Gasteiger partial charge in [-0.2, -0.15) is 0 Å². The molecule has 0 atom stereocenters. The lowest BCUT2D eigenvalue weighted by Gasteiger charge is -2.12. The quantitative estimate of drug-likeness (QED) is 0.773. The highest BCUT2D eigenvalue weighted by molar-refractivity contribution is 5.99. The topological polar surface area (TPSA) is 58.2 Å². The maximum Gasteiger partial charge on any atom is 0.221 e. The SMILES string of the molecule is [CH2]c1cccc(NC(C)=O)c1NC(C)=O. The number of hydrogen-bond donors (Lipinski definition) is 2. The Balaban J connectivity index is 3.08. The van der Waals surface area contributed by atoms with Gasteiger partial charge in [0, 0.05) is 13.8 Å². The minimum Gasteiger partial charge on any atom is -0.325 e. The highest BCUT2D eigenvalue weighted by Crippen LogP contribution is 2.25. The summed E-state index contributed by atoms with van der Waals surface area (Å²) < 4.78 is 0. The first-order chi connectivity index (χ1) is 7.00. The van der Waals surface area contributed by atoms with Gasteiger partial charge >= 0.3 is 0 Å². The van der Waals surface area contributed by atoms with E-state index in [1.54, 1.807) is 18.2 Å². The molecule has 0 bridgehead atoms. The number of para-hydroxylation sites is 1. The molecule has 0 aliphatic rings. The number of carbonyl (C=O) groups is 2. The van der Waals surface area contributed by atoms with Crippen LogP contribution >= 0.6 is 0 Å². The predicted octanol–water partition coefficient (Wildman–Crippen LogP) is 1.79. The number of amides is 2. The second-order valence-corrected chi connectivity index (χ2v) is 3.20. The van der Waals surface area contributed by atoms with E-state index < -0.39 is 0 Å². The lowest BCUT2D eigenvalue weighted by atomic mass is 10.1. The molecule has 0 heterocycles. The molecular weight excluding hydrogens is 192 g/mol. The largest absolute Gasteiger partial charge is 0.325 e. The zero-order valence-electron chi connectivity index (χ0n) is 8.76. The van der Waals surface area contributed by atoms with Crippen LogP contribution in [-0.2, 0) is 9.59 Å². The number of benzene rings is 1. The molecule has 1 radical (unpaired) electrons. The molecule has 0 fully saturated rings. The fourth-order valence-electron chi connectivity index (χ4n) is 1.22. The number of nitrogens with one attached hydrogen (secondary N) is 2. The van der Waals surface area contributed by atoms with Gasteiger partial charge in [0.15, 0.2) is 0 Å². The van der Waals surface area contributed by atoms with Crippen molar-refractivity contribution in [2.45, 2.75) is 13.8 Å². The smallest absolute Gasteiger partial charge is 0.221 e. The van der Waals surface area contributed by atoms with Crippen molar-refractivity contribution in [3.63, 3.8) is 0 Å². The second-order valence-electron chi connectivity index (χ2n) is 3.20. The Kier molecular flexibility index (Phi) is 3.44. The molecule has 0 aromatic heterocycles. The molecule has 1 aromatic rings. The van der Waals surface area contributed by atoms with Crippen molar-refractivity contribution in [2.24, 2.45) is 0 Å². The van der Waals surface area contributed by atoms with Gasteiger partial charge < -0.3 is 10.6 Å². The van der Waals surface area contributed by atoms with Crippen LogP contribution in [-0.4, -0.2) is 11.8 Å². The summed E-state index contributed by atoms with van der Waals surface area (Å²) in [5, 5.41) is 5.26. The first-order valence-corrected chi connectivity index (χ1v) is 4.51. The Morgan fingerprint density at radius 2 is 1.73 bits per heavy atom. The van der Waals surface area contributed by atoms with Crippen LogP contribution in [0.5, 0.6) is 0 Å². The molecule has 0 aliphatic carbocycles. The van der Waals surface area contributed by atoms with Gasteiger partial charge in [-0.25, -0.2) is 0 Å². The maximum absolute atomic E-state index is 11.0. The third-order valence-electron chi connectivity index (χ3n) is 1.76. The Morgan fingerprint density at radius 3 is 2.27 bits per heavy atom. The van der Waals surface area contributed by atoms with Crippen molar-refractivity contribution in [1.82, 2.24) is 0 Å². The van der Waals surface area contributed by atoms with Crippen molar-refractivity contribution in [2.75, 3.05) is 10.6 Å². The van der Waals surface area contributed by atoms with Crippen LogP contribution in [0.4, 0.5) is 11.4 Å². The van der Waals surface area contributed by atoms with Gasteiger partial charge in [0.25, 0.3) is 0 Å². The Morgan fingerprint density at radius 1 is 1.13 bits per heavy atom. The zero-order valence-corrected chi connectivity index (χ0v) is 8.76. The molecule has 0 saturated carbocycles. The van der Waals surface area contributed by atoms with Crippen LogP contribution in [0.15, 0.2) is 18.2 Å². The van der Waals surface area contributed by atoms with Gasteiger partial charge in [-0.05, 0) is 18.6 Å². The minimum atomic E-state index is -0.197. The number of anilines is 2. The van der Waals surface area contributed by atoms with Crippen LogP contribution in [0.1, 0.15) is 19.4 Å². The van der Waals surface area contributed by atoms with E-state index in [1.165, 1.54) is 13.8 Å². The molecule has 0 spiro atoms. The molecule has 15 heavy (non-hydrogen) atoms. The molecule has 79 valence electrons. The lowest BCUT2D eigenvalue weighted by Crippen LogP contribution is -2.13. The average Bonchev–Trinajstić information content (AvgIpc) is 2.09. The third kappa shape index (κ3) is 3.09. The molecule has 4 nitrogen and oxygen atoms in total. The Bertz CT molecular complexity index is 400. The van der Waals surface area contributed by atoms with Crippen molar-refractivity contribution >= 4 is 23.2 Å². The monoisotopic (exact) mass is 205 g/mol. The van der Waals surface area contributed by atoms with Gasteiger partial charge in [-0.15, -0.1) is 0 Å². The van der Waals surface area contributed by atoms with Crippen LogP contribution < -0.4 is 10.6 Å². The normalized spacial score (nSPS) is 9.53. The number of carbonyl (C=O) groups excluding carboxylic acids is 2. The fourth-order valence-corrected chi connectivity index (χ4v) is 1.22. The van der Waals surface area contributed by atoms with E-state index in [0.29, 0.717) is 16.9 Å². The molecule has 2 amide bonds. The molecule has 2 N–H and O–H groups in total. The van der Waals surface area contributed by atoms with Gasteiger partial charge in [-0.3, -0.25) is 9.59 Å². The fraction of sp³-hybridized carbons (Fsp3) is 0.182. The van der Waals surface area contributed by atoms with Gasteiger partial charge in [0.05, 0.1) is 11.4 Å². The molecule has 0 aliphatic heterocycles. The van der Waals surface area contributed by atoms with E-state index in [9.17, 15) is 9.59 Å². The summed E-state index contributed by atoms with van der Waals surface area (Å²) in [5.74, 6) is -0.384. The number of rotatable bonds is 2. The second kappa shape index (κ2) is 4.59. The zero-order chi connectivity index (χ0) is 11.4. The predicted molar refractivity (Wildman–Crippen MR) is 59.5 cm³/mol. The summed E-state index contributed by atoms with van der Waals surface area (Å²) in [6.45, 7) is 6.59. The van der Waals surface area contributed by atoms with Crippen LogP contribution in [0.2, 0.25) is 0 Å². The Labute approximate surface area is 88.7 Å². The van der Waals surface area contributed by atoms with Crippen LogP contribution in [0, 0.1) is 6.92 Å². The van der Waals surface area contributed by atoms with Crippen molar-refractivity contribution in [1.29, 1.82) is 0 Å². The summed E-state index contributed by atoms with van der Waals surface area (Å²) >= 11 is 0. The van der Waals surface area contributed by atoms with Gasteiger partial charge in [0.2, 0.25) is 11.8 Å². The van der Waals surface area contributed by atoms with E-state index in [4.69, 9.17) is 0 Å². The van der Waals surface area contributed by atoms with Crippen molar-refractivity contribution in [3.8, 4) is 0 Å². The molecular formula is C11H13N2O2. The molecule has 1 rings (SSSR count). The van der Waals surface area contributed by atoms with Crippen LogP contribution in [0.3, 0.4) is 0 Å².